The van der Waals surface area contributed by atoms with Gasteiger partial charge in [0.1, 0.15) is 0 Å². The maximum atomic E-state index is 4.93. The number of hydrogen-bond donors (Lipinski definition) is 0. The van der Waals surface area contributed by atoms with Gasteiger partial charge in [0, 0.05) is 21.2 Å². The molecule has 0 fully saturated rings. The van der Waals surface area contributed by atoms with Crippen molar-refractivity contribution in [2.45, 2.75) is 0 Å². The van der Waals surface area contributed by atoms with Crippen molar-refractivity contribution in [3.05, 3.63) is 162 Å². The molecule has 0 spiro atoms. The van der Waals surface area contributed by atoms with E-state index in [1.165, 1.54) is 16.7 Å². The fourth-order valence-corrected chi connectivity index (χ4v) is 5.37. The van der Waals surface area contributed by atoms with E-state index in [1.54, 1.807) is 0 Å². The van der Waals surface area contributed by atoms with Crippen molar-refractivity contribution in [2.24, 2.45) is 0 Å². The summed E-state index contributed by atoms with van der Waals surface area (Å²) in [5.41, 5.74) is 9.86. The van der Waals surface area contributed by atoms with Crippen molar-refractivity contribution in [3.8, 4) is 67.5 Å². The van der Waals surface area contributed by atoms with Crippen molar-refractivity contribution in [3.63, 3.8) is 0 Å². The Kier molecular flexibility index (Phi) is 7.43. The van der Waals surface area contributed by atoms with E-state index in [9.17, 15) is 0 Å². The third-order valence-corrected chi connectivity index (χ3v) is 7.99. The molecule has 204 valence electrons. The number of hydrogen-bond acceptors (Lipinski definition) is 3. The number of aromatic nitrogens is 3. The lowest BCUT2D eigenvalue weighted by Gasteiger charge is -2.10. The standard InChI is InChI=1S/C39H26BrN3/c40-36-25-23-32(24-26-36)30-13-11-29(12-14-30)31-17-21-35(22-18-31)39-42-37(33-9-5-2-6-10-33)41-38(43-39)34-19-15-28(16-20-34)27-7-3-1-4-8-27/h1-26H. The minimum Gasteiger partial charge on any atom is -0.208 e. The first-order chi connectivity index (χ1) is 21.2. The van der Waals surface area contributed by atoms with Crippen LogP contribution in [0.4, 0.5) is 0 Å². The molecule has 0 bridgehead atoms. The molecule has 1 heterocycles. The van der Waals surface area contributed by atoms with Crippen LogP contribution in [0.5, 0.6) is 0 Å². The van der Waals surface area contributed by atoms with E-state index < -0.39 is 0 Å². The van der Waals surface area contributed by atoms with Gasteiger partial charge in [-0.1, -0.05) is 162 Å². The molecule has 7 rings (SSSR count). The summed E-state index contributed by atoms with van der Waals surface area (Å²) in [5, 5.41) is 0. The van der Waals surface area contributed by atoms with Gasteiger partial charge >= 0.3 is 0 Å². The molecule has 4 heteroatoms. The third-order valence-electron chi connectivity index (χ3n) is 7.46. The summed E-state index contributed by atoms with van der Waals surface area (Å²) in [6.07, 6.45) is 0. The molecule has 0 aliphatic carbocycles. The van der Waals surface area contributed by atoms with Crippen LogP contribution in [0, 0.1) is 0 Å². The van der Waals surface area contributed by atoms with Gasteiger partial charge in [0.15, 0.2) is 17.5 Å². The average Bonchev–Trinajstić information content (AvgIpc) is 3.09. The zero-order valence-corrected chi connectivity index (χ0v) is 24.8. The summed E-state index contributed by atoms with van der Waals surface area (Å²) in [6.45, 7) is 0. The number of benzene rings is 6. The predicted octanol–water partition coefficient (Wildman–Crippen LogP) is 10.6. The zero-order chi connectivity index (χ0) is 29.0. The van der Waals surface area contributed by atoms with E-state index in [4.69, 9.17) is 15.0 Å². The molecule has 0 atom stereocenters. The zero-order valence-electron chi connectivity index (χ0n) is 23.2. The highest BCUT2D eigenvalue weighted by Crippen LogP contribution is 2.30. The number of nitrogens with zero attached hydrogens (tertiary/aromatic N) is 3. The van der Waals surface area contributed by atoms with Crippen LogP contribution >= 0.6 is 15.9 Å². The number of rotatable bonds is 6. The molecule has 3 nitrogen and oxygen atoms in total. The largest absolute Gasteiger partial charge is 0.208 e. The van der Waals surface area contributed by atoms with Crippen LogP contribution in [-0.4, -0.2) is 15.0 Å². The lowest BCUT2D eigenvalue weighted by Crippen LogP contribution is -2.00. The summed E-state index contributed by atoms with van der Waals surface area (Å²) < 4.78 is 1.08. The van der Waals surface area contributed by atoms with Crippen LogP contribution in [0.25, 0.3) is 67.5 Å². The lowest BCUT2D eigenvalue weighted by atomic mass is 9.99. The maximum absolute atomic E-state index is 4.93. The Bertz CT molecular complexity index is 1970. The Balaban J connectivity index is 1.21. The van der Waals surface area contributed by atoms with E-state index in [2.05, 4.69) is 137 Å². The molecule has 0 aliphatic heterocycles. The fourth-order valence-electron chi connectivity index (χ4n) is 5.10. The highest BCUT2D eigenvalue weighted by Gasteiger charge is 2.13. The van der Waals surface area contributed by atoms with Gasteiger partial charge in [0.2, 0.25) is 0 Å². The minimum atomic E-state index is 0.646. The van der Waals surface area contributed by atoms with Crippen LogP contribution in [0.3, 0.4) is 0 Å². The molecule has 0 amide bonds. The first-order valence-corrected chi connectivity index (χ1v) is 14.9. The molecule has 0 unspecified atom stereocenters. The van der Waals surface area contributed by atoms with E-state index in [1.807, 2.05) is 36.4 Å². The van der Waals surface area contributed by atoms with Crippen LogP contribution in [0.15, 0.2) is 162 Å². The molecule has 0 saturated carbocycles. The van der Waals surface area contributed by atoms with E-state index in [0.717, 1.165) is 37.9 Å². The predicted molar refractivity (Wildman–Crippen MR) is 180 cm³/mol. The van der Waals surface area contributed by atoms with Gasteiger partial charge in [-0.25, -0.2) is 15.0 Å². The molecule has 1 aromatic heterocycles. The van der Waals surface area contributed by atoms with Crippen molar-refractivity contribution < 1.29 is 0 Å². The Morgan fingerprint density at radius 3 is 0.837 bits per heavy atom. The smallest absolute Gasteiger partial charge is 0.164 e. The minimum absolute atomic E-state index is 0.646. The lowest BCUT2D eigenvalue weighted by molar-refractivity contribution is 1.07. The van der Waals surface area contributed by atoms with Gasteiger partial charge in [-0.2, -0.15) is 0 Å². The Hall–Kier alpha value is -5.19. The van der Waals surface area contributed by atoms with Crippen molar-refractivity contribution in [2.75, 3.05) is 0 Å². The first-order valence-electron chi connectivity index (χ1n) is 14.1. The summed E-state index contributed by atoms with van der Waals surface area (Å²) in [7, 11) is 0. The second-order valence-electron chi connectivity index (χ2n) is 10.3. The summed E-state index contributed by atoms with van der Waals surface area (Å²) >= 11 is 3.51. The topological polar surface area (TPSA) is 38.7 Å². The molecule has 0 aliphatic rings. The first kappa shape index (κ1) is 26.7. The van der Waals surface area contributed by atoms with Crippen LogP contribution in [0.1, 0.15) is 0 Å². The molecule has 6 aromatic carbocycles. The highest BCUT2D eigenvalue weighted by molar-refractivity contribution is 9.10. The second-order valence-corrected chi connectivity index (χ2v) is 11.2. The summed E-state index contributed by atoms with van der Waals surface area (Å²) in [5.74, 6) is 1.95. The van der Waals surface area contributed by atoms with Crippen LogP contribution < -0.4 is 0 Å². The van der Waals surface area contributed by atoms with E-state index in [-0.39, 0.29) is 0 Å². The van der Waals surface area contributed by atoms with Crippen LogP contribution in [-0.2, 0) is 0 Å². The van der Waals surface area contributed by atoms with Gasteiger partial charge < -0.3 is 0 Å². The van der Waals surface area contributed by atoms with Gasteiger partial charge in [-0.3, -0.25) is 0 Å². The van der Waals surface area contributed by atoms with Gasteiger partial charge in [0.25, 0.3) is 0 Å². The van der Waals surface area contributed by atoms with E-state index >= 15 is 0 Å². The van der Waals surface area contributed by atoms with Gasteiger partial charge in [-0.05, 0) is 45.5 Å². The van der Waals surface area contributed by atoms with Gasteiger partial charge in [0.05, 0.1) is 0 Å². The SMILES string of the molecule is Brc1ccc(-c2ccc(-c3ccc(-c4nc(-c5ccccc5)nc(-c5ccc(-c6ccccc6)cc5)n4)cc3)cc2)cc1. The normalized spacial score (nSPS) is 10.9. The monoisotopic (exact) mass is 615 g/mol. The fraction of sp³-hybridized carbons (Fsp3) is 0. The Morgan fingerprint density at radius 2 is 0.488 bits per heavy atom. The van der Waals surface area contributed by atoms with E-state index in [0.29, 0.717) is 17.5 Å². The molecular formula is C39H26BrN3. The van der Waals surface area contributed by atoms with Crippen LogP contribution in [0.2, 0.25) is 0 Å². The quantitative estimate of drug-likeness (QED) is 0.187. The molecular weight excluding hydrogens is 590 g/mol. The molecule has 0 saturated heterocycles. The highest BCUT2D eigenvalue weighted by atomic mass is 79.9. The van der Waals surface area contributed by atoms with Crippen molar-refractivity contribution >= 4 is 15.9 Å². The Labute approximate surface area is 259 Å². The van der Waals surface area contributed by atoms with Gasteiger partial charge in [-0.15, -0.1) is 0 Å². The third kappa shape index (κ3) is 5.92. The Morgan fingerprint density at radius 1 is 0.256 bits per heavy atom. The average molecular weight is 617 g/mol. The maximum Gasteiger partial charge on any atom is 0.164 e. The van der Waals surface area contributed by atoms with Crippen molar-refractivity contribution in [1.29, 1.82) is 0 Å². The second kappa shape index (κ2) is 12.0. The van der Waals surface area contributed by atoms with Crippen molar-refractivity contribution in [1.82, 2.24) is 15.0 Å². The summed E-state index contributed by atoms with van der Waals surface area (Å²) in [6, 6.07) is 54.3. The molecule has 7 aromatic rings. The molecule has 43 heavy (non-hydrogen) atoms. The molecule has 0 radical (unpaired) electrons. The number of halogens is 1. The summed E-state index contributed by atoms with van der Waals surface area (Å²) in [4.78, 5) is 14.7. The molecule has 0 N–H and O–H groups in total.